The van der Waals surface area contributed by atoms with E-state index in [4.69, 9.17) is 0 Å². The third-order valence-electron chi connectivity index (χ3n) is 7.65. The van der Waals surface area contributed by atoms with E-state index in [1.165, 1.54) is 59.3 Å². The highest BCUT2D eigenvalue weighted by Crippen LogP contribution is 2.33. The number of carbonyl (C=O) groups is 2. The average molecular weight is 451 g/mol. The lowest BCUT2D eigenvalue weighted by Crippen LogP contribution is -2.36. The van der Waals surface area contributed by atoms with Gasteiger partial charge in [0.2, 0.25) is 5.91 Å². The number of benzene rings is 1. The Morgan fingerprint density at radius 3 is 2.42 bits per heavy atom. The van der Waals surface area contributed by atoms with Gasteiger partial charge >= 0.3 is 6.03 Å². The van der Waals surface area contributed by atoms with Gasteiger partial charge in [0.1, 0.15) is 0 Å². The van der Waals surface area contributed by atoms with Crippen LogP contribution in [0.15, 0.2) is 30.6 Å². The molecule has 3 fully saturated rings. The second kappa shape index (κ2) is 8.82. The van der Waals surface area contributed by atoms with Crippen molar-refractivity contribution in [3.8, 4) is 0 Å². The second-order valence-electron chi connectivity index (χ2n) is 9.93. The molecule has 0 saturated carbocycles. The molecule has 2 atom stereocenters. The molecule has 0 radical (unpaired) electrons. The molecule has 1 aromatic carbocycles. The van der Waals surface area contributed by atoms with Crippen molar-refractivity contribution in [1.82, 2.24) is 19.6 Å². The summed E-state index contributed by atoms with van der Waals surface area (Å²) < 4.78 is 1.36. The van der Waals surface area contributed by atoms with Crippen molar-refractivity contribution in [3.05, 3.63) is 41.7 Å². The van der Waals surface area contributed by atoms with Crippen LogP contribution in [0.4, 0.5) is 16.2 Å². The maximum atomic E-state index is 12.9. The van der Waals surface area contributed by atoms with Crippen molar-refractivity contribution in [2.75, 3.05) is 56.1 Å². The lowest BCUT2D eigenvalue weighted by atomic mass is 10.0. The van der Waals surface area contributed by atoms with Crippen molar-refractivity contribution in [3.63, 3.8) is 0 Å². The van der Waals surface area contributed by atoms with E-state index in [1.807, 2.05) is 4.90 Å². The van der Waals surface area contributed by atoms with E-state index in [0.717, 1.165) is 32.7 Å². The molecule has 0 spiro atoms. The van der Waals surface area contributed by atoms with Crippen LogP contribution in [-0.2, 0) is 11.3 Å². The van der Waals surface area contributed by atoms with Crippen LogP contribution in [0, 0.1) is 18.8 Å². The number of rotatable bonds is 4. The first-order valence-electron chi connectivity index (χ1n) is 12.0. The van der Waals surface area contributed by atoms with Crippen LogP contribution in [0.25, 0.3) is 0 Å². The van der Waals surface area contributed by atoms with Crippen molar-refractivity contribution < 1.29 is 9.59 Å². The van der Waals surface area contributed by atoms with Gasteiger partial charge in [-0.15, -0.1) is 0 Å². The molecule has 3 aliphatic heterocycles. The lowest BCUT2D eigenvalue weighted by Gasteiger charge is -2.23. The zero-order valence-corrected chi connectivity index (χ0v) is 19.9. The molecule has 8 nitrogen and oxygen atoms in total. The Morgan fingerprint density at radius 2 is 1.79 bits per heavy atom. The van der Waals surface area contributed by atoms with Crippen molar-refractivity contribution in [2.45, 2.75) is 33.2 Å². The Labute approximate surface area is 195 Å². The second-order valence-corrected chi connectivity index (χ2v) is 9.93. The predicted molar refractivity (Wildman–Crippen MR) is 129 cm³/mol. The highest BCUT2D eigenvalue weighted by molar-refractivity contribution is 5.91. The van der Waals surface area contributed by atoms with Crippen molar-refractivity contribution in [2.24, 2.45) is 11.8 Å². The van der Waals surface area contributed by atoms with Gasteiger partial charge in [0, 0.05) is 65.5 Å². The zero-order chi connectivity index (χ0) is 23.1. The van der Waals surface area contributed by atoms with Gasteiger partial charge in [-0.05, 0) is 54.9 Å². The zero-order valence-electron chi connectivity index (χ0n) is 19.9. The summed E-state index contributed by atoms with van der Waals surface area (Å²) >= 11 is 0. The fourth-order valence-corrected chi connectivity index (χ4v) is 5.56. The molecule has 33 heavy (non-hydrogen) atoms. The smallest absolute Gasteiger partial charge is 0.344 e. The van der Waals surface area contributed by atoms with Gasteiger partial charge in [0.15, 0.2) is 0 Å². The number of hydrogen-bond donors (Lipinski definition) is 0. The maximum absolute atomic E-state index is 12.9. The van der Waals surface area contributed by atoms with E-state index < -0.39 is 0 Å². The van der Waals surface area contributed by atoms with Crippen LogP contribution in [0.5, 0.6) is 0 Å². The van der Waals surface area contributed by atoms with Crippen LogP contribution in [0.1, 0.15) is 30.9 Å². The monoisotopic (exact) mass is 450 g/mol. The molecule has 3 aliphatic rings. The third-order valence-corrected chi connectivity index (χ3v) is 7.65. The Balaban J connectivity index is 1.16. The van der Waals surface area contributed by atoms with Gasteiger partial charge in [-0.1, -0.05) is 6.07 Å². The molecule has 3 saturated heterocycles. The Hall–Kier alpha value is -2.87. The standard InChI is InChI=1S/C25H34N6O2/c1-18-10-23(29-8-4-5-9-29)7-6-20(18)12-28-13-21-15-30(16-22(21)14-28)25(33)31-17-24(11-26-31)27(3)19(2)32/h6-7,10-11,17,21-22H,4-5,8-9,12-16H2,1-3H3. The van der Waals surface area contributed by atoms with Crippen LogP contribution in [0.3, 0.4) is 0 Å². The summed E-state index contributed by atoms with van der Waals surface area (Å²) in [6.45, 7) is 10.7. The fraction of sp³-hybridized carbons (Fsp3) is 0.560. The molecule has 2 aromatic rings. The summed E-state index contributed by atoms with van der Waals surface area (Å²) in [7, 11) is 1.69. The highest BCUT2D eigenvalue weighted by Gasteiger charge is 2.42. The summed E-state index contributed by atoms with van der Waals surface area (Å²) in [6, 6.07) is 6.83. The van der Waals surface area contributed by atoms with Crippen LogP contribution in [-0.4, -0.2) is 77.8 Å². The summed E-state index contributed by atoms with van der Waals surface area (Å²) in [6.07, 6.45) is 5.80. The Kier molecular flexibility index (Phi) is 5.86. The molecule has 176 valence electrons. The molecule has 1 aromatic heterocycles. The molecular formula is C25H34N6O2. The number of nitrogens with zero attached hydrogens (tertiary/aromatic N) is 6. The van der Waals surface area contributed by atoms with Crippen molar-refractivity contribution >= 4 is 23.3 Å². The number of fused-ring (bicyclic) bond motifs is 1. The maximum Gasteiger partial charge on any atom is 0.344 e. The van der Waals surface area contributed by atoms with Crippen LogP contribution in [0.2, 0.25) is 0 Å². The van der Waals surface area contributed by atoms with E-state index >= 15 is 0 Å². The third kappa shape index (κ3) is 4.36. The topological polar surface area (TPSA) is 64.9 Å². The SMILES string of the molecule is CC(=O)N(C)c1cnn(C(=O)N2CC3CN(Cc4ccc(N5CCCC5)cc4C)CC3C2)c1. The lowest BCUT2D eigenvalue weighted by molar-refractivity contribution is -0.116. The molecule has 0 aliphatic carbocycles. The van der Waals surface area contributed by atoms with Gasteiger partial charge < -0.3 is 14.7 Å². The van der Waals surface area contributed by atoms with Crippen molar-refractivity contribution in [1.29, 1.82) is 0 Å². The minimum absolute atomic E-state index is 0.0845. The van der Waals surface area contributed by atoms with Gasteiger partial charge in [-0.25, -0.2) is 4.79 Å². The number of carbonyl (C=O) groups excluding carboxylic acids is 2. The number of amides is 2. The van der Waals surface area contributed by atoms with Crippen LogP contribution < -0.4 is 9.80 Å². The summed E-state index contributed by atoms with van der Waals surface area (Å²) in [4.78, 5) is 32.9. The summed E-state index contributed by atoms with van der Waals surface area (Å²) in [5.41, 5.74) is 4.77. The Morgan fingerprint density at radius 1 is 1.09 bits per heavy atom. The molecule has 0 bridgehead atoms. The molecule has 8 heteroatoms. The minimum Gasteiger partial charge on any atom is -0.372 e. The van der Waals surface area contributed by atoms with Gasteiger partial charge in [0.05, 0.1) is 18.1 Å². The largest absolute Gasteiger partial charge is 0.372 e. The molecule has 5 rings (SSSR count). The molecule has 2 amide bonds. The molecule has 4 heterocycles. The molecule has 0 N–H and O–H groups in total. The van der Waals surface area contributed by atoms with E-state index in [9.17, 15) is 9.59 Å². The first-order chi connectivity index (χ1) is 15.9. The number of aryl methyl sites for hydroxylation is 1. The molecular weight excluding hydrogens is 416 g/mol. The Bertz CT molecular complexity index is 1030. The highest BCUT2D eigenvalue weighted by atomic mass is 16.2. The number of likely N-dealkylation sites (tertiary alicyclic amines) is 2. The van der Waals surface area contributed by atoms with E-state index in [-0.39, 0.29) is 11.9 Å². The number of aromatic nitrogens is 2. The summed E-state index contributed by atoms with van der Waals surface area (Å²) in [5.74, 6) is 0.930. The van der Waals surface area contributed by atoms with Gasteiger partial charge in [-0.3, -0.25) is 9.69 Å². The predicted octanol–water partition coefficient (Wildman–Crippen LogP) is 2.81. The normalized spacial score (nSPS) is 22.8. The van der Waals surface area contributed by atoms with E-state index in [1.54, 1.807) is 19.4 Å². The quantitative estimate of drug-likeness (QED) is 0.717. The molecule has 2 unspecified atom stereocenters. The minimum atomic E-state index is -0.104. The van der Waals surface area contributed by atoms with Crippen LogP contribution >= 0.6 is 0 Å². The first kappa shape index (κ1) is 21.9. The van der Waals surface area contributed by atoms with Gasteiger partial charge in [-0.2, -0.15) is 9.78 Å². The summed E-state index contributed by atoms with van der Waals surface area (Å²) in [5, 5.41) is 4.19. The number of anilines is 2. The number of hydrogen-bond acceptors (Lipinski definition) is 5. The van der Waals surface area contributed by atoms with E-state index in [2.05, 4.69) is 40.0 Å². The average Bonchev–Trinajstić information content (AvgIpc) is 3.57. The fourth-order valence-electron chi connectivity index (χ4n) is 5.56. The van der Waals surface area contributed by atoms with Gasteiger partial charge in [0.25, 0.3) is 0 Å². The first-order valence-corrected chi connectivity index (χ1v) is 12.0. The van der Waals surface area contributed by atoms with E-state index in [0.29, 0.717) is 17.5 Å².